The van der Waals surface area contributed by atoms with Crippen LogP contribution in [0, 0.1) is 0 Å². The quantitative estimate of drug-likeness (QED) is 0.701. The maximum atomic E-state index is 11.1. The van der Waals surface area contributed by atoms with Crippen molar-refractivity contribution >= 4 is 17.1 Å². The van der Waals surface area contributed by atoms with Gasteiger partial charge in [0.25, 0.3) is 0 Å². The SMILES string of the molecule is Cn1ccc(-c2nc3nccc(C(=O)O)c3[nH]2)n1. The summed E-state index contributed by atoms with van der Waals surface area (Å²) in [7, 11) is 1.80. The Balaban J connectivity index is 2.22. The Morgan fingerprint density at radius 3 is 2.94 bits per heavy atom. The van der Waals surface area contributed by atoms with E-state index >= 15 is 0 Å². The largest absolute Gasteiger partial charge is 0.478 e. The Morgan fingerprint density at radius 2 is 2.28 bits per heavy atom. The third-order valence-corrected chi connectivity index (χ3v) is 2.58. The zero-order chi connectivity index (χ0) is 12.7. The molecule has 7 nitrogen and oxygen atoms in total. The summed E-state index contributed by atoms with van der Waals surface area (Å²) in [4.78, 5) is 22.3. The van der Waals surface area contributed by atoms with Crippen LogP contribution in [0.25, 0.3) is 22.7 Å². The number of hydrogen-bond donors (Lipinski definition) is 2. The maximum Gasteiger partial charge on any atom is 0.338 e. The molecule has 0 amide bonds. The second-order valence-corrected chi connectivity index (χ2v) is 3.82. The lowest BCUT2D eigenvalue weighted by atomic mass is 10.2. The van der Waals surface area contributed by atoms with E-state index in [9.17, 15) is 4.79 Å². The standard InChI is InChI=1S/C11H9N5O2/c1-16-5-3-7(15-16)9-13-8-6(11(17)18)2-4-12-10(8)14-9/h2-5H,1H3,(H,17,18)(H,12,13,14). The lowest BCUT2D eigenvalue weighted by Gasteiger charge is -1.93. The fraction of sp³-hybridized carbons (Fsp3) is 0.0909. The van der Waals surface area contributed by atoms with Gasteiger partial charge in [0, 0.05) is 19.4 Å². The number of fused-ring (bicyclic) bond motifs is 1. The van der Waals surface area contributed by atoms with Crippen LogP contribution < -0.4 is 0 Å². The van der Waals surface area contributed by atoms with Gasteiger partial charge in [-0.15, -0.1) is 0 Å². The molecule has 0 unspecified atom stereocenters. The van der Waals surface area contributed by atoms with Crippen LogP contribution in [0.15, 0.2) is 24.5 Å². The van der Waals surface area contributed by atoms with E-state index in [1.807, 2.05) is 0 Å². The van der Waals surface area contributed by atoms with Crippen molar-refractivity contribution in [1.29, 1.82) is 0 Å². The van der Waals surface area contributed by atoms with Crippen LogP contribution in [-0.4, -0.2) is 35.8 Å². The zero-order valence-corrected chi connectivity index (χ0v) is 9.45. The van der Waals surface area contributed by atoms with Crippen molar-refractivity contribution in [3.8, 4) is 11.5 Å². The molecule has 0 spiro atoms. The van der Waals surface area contributed by atoms with Gasteiger partial charge in [0.05, 0.1) is 11.1 Å². The highest BCUT2D eigenvalue weighted by atomic mass is 16.4. The number of hydrogen-bond acceptors (Lipinski definition) is 4. The Morgan fingerprint density at radius 1 is 1.44 bits per heavy atom. The van der Waals surface area contributed by atoms with Crippen molar-refractivity contribution in [2.75, 3.05) is 0 Å². The first-order chi connectivity index (χ1) is 8.65. The van der Waals surface area contributed by atoms with Gasteiger partial charge in [0.1, 0.15) is 5.69 Å². The highest BCUT2D eigenvalue weighted by Crippen LogP contribution is 2.19. The summed E-state index contributed by atoms with van der Waals surface area (Å²) in [5.74, 6) is -0.509. The number of carboxylic acid groups (broad SMARTS) is 1. The molecule has 3 heterocycles. The van der Waals surface area contributed by atoms with Gasteiger partial charge in [-0.1, -0.05) is 0 Å². The number of carbonyl (C=O) groups is 1. The van der Waals surface area contributed by atoms with Crippen LogP contribution in [0.5, 0.6) is 0 Å². The molecule has 0 aromatic carbocycles. The van der Waals surface area contributed by atoms with E-state index in [2.05, 4.69) is 20.1 Å². The third kappa shape index (κ3) is 1.53. The van der Waals surface area contributed by atoms with Crippen molar-refractivity contribution in [2.45, 2.75) is 0 Å². The summed E-state index contributed by atoms with van der Waals surface area (Å²) in [6.45, 7) is 0. The normalized spacial score (nSPS) is 10.9. The number of aromatic amines is 1. The van der Waals surface area contributed by atoms with Gasteiger partial charge in [-0.2, -0.15) is 5.10 Å². The van der Waals surface area contributed by atoms with Gasteiger partial charge < -0.3 is 10.1 Å². The summed E-state index contributed by atoms with van der Waals surface area (Å²) in [5, 5.41) is 13.3. The maximum absolute atomic E-state index is 11.1. The highest BCUT2D eigenvalue weighted by molar-refractivity contribution is 6.00. The van der Waals surface area contributed by atoms with E-state index in [-0.39, 0.29) is 5.56 Å². The Kier molecular flexibility index (Phi) is 2.12. The van der Waals surface area contributed by atoms with Gasteiger partial charge in [-0.05, 0) is 12.1 Å². The van der Waals surface area contributed by atoms with E-state index in [0.29, 0.717) is 22.7 Å². The lowest BCUT2D eigenvalue weighted by Crippen LogP contribution is -1.97. The predicted octanol–water partition coefficient (Wildman–Crippen LogP) is 1.06. The van der Waals surface area contributed by atoms with Crippen molar-refractivity contribution in [1.82, 2.24) is 24.7 Å². The Labute approximate surface area is 101 Å². The molecule has 3 rings (SSSR count). The van der Waals surface area contributed by atoms with E-state index in [0.717, 1.165) is 0 Å². The van der Waals surface area contributed by atoms with Crippen molar-refractivity contribution < 1.29 is 9.90 Å². The van der Waals surface area contributed by atoms with Gasteiger partial charge in [-0.3, -0.25) is 4.68 Å². The number of carboxylic acids is 1. The molecule has 0 fully saturated rings. The summed E-state index contributed by atoms with van der Waals surface area (Å²) in [6, 6.07) is 3.23. The van der Waals surface area contributed by atoms with Gasteiger partial charge in [0.15, 0.2) is 11.5 Å². The fourth-order valence-electron chi connectivity index (χ4n) is 1.75. The van der Waals surface area contributed by atoms with Crippen LogP contribution in [-0.2, 0) is 7.05 Å². The summed E-state index contributed by atoms with van der Waals surface area (Å²) >= 11 is 0. The second-order valence-electron chi connectivity index (χ2n) is 3.82. The van der Waals surface area contributed by atoms with Gasteiger partial charge >= 0.3 is 5.97 Å². The smallest absolute Gasteiger partial charge is 0.338 e. The minimum atomic E-state index is -1.02. The molecule has 7 heteroatoms. The molecule has 3 aromatic heterocycles. The monoisotopic (exact) mass is 243 g/mol. The molecule has 0 atom stereocenters. The number of rotatable bonds is 2. The highest BCUT2D eigenvalue weighted by Gasteiger charge is 2.14. The topological polar surface area (TPSA) is 96.7 Å². The molecule has 0 bridgehead atoms. The molecular formula is C11H9N5O2. The van der Waals surface area contributed by atoms with Crippen LogP contribution in [0.1, 0.15) is 10.4 Å². The van der Waals surface area contributed by atoms with Crippen LogP contribution in [0.3, 0.4) is 0 Å². The van der Waals surface area contributed by atoms with Crippen molar-refractivity contribution in [2.24, 2.45) is 7.05 Å². The molecule has 3 aromatic rings. The molecule has 0 aliphatic carbocycles. The number of nitrogens with one attached hydrogen (secondary N) is 1. The van der Waals surface area contributed by atoms with E-state index in [1.54, 1.807) is 24.0 Å². The summed E-state index contributed by atoms with van der Waals surface area (Å²) in [6.07, 6.45) is 3.21. The predicted molar refractivity (Wildman–Crippen MR) is 63.1 cm³/mol. The number of aryl methyl sites for hydroxylation is 1. The number of aromatic nitrogens is 5. The molecule has 0 saturated carbocycles. The minimum absolute atomic E-state index is 0.148. The molecule has 0 radical (unpaired) electrons. The minimum Gasteiger partial charge on any atom is -0.478 e. The average molecular weight is 243 g/mol. The first kappa shape index (κ1) is 10.5. The molecular weight excluding hydrogens is 234 g/mol. The summed E-state index contributed by atoms with van der Waals surface area (Å²) < 4.78 is 1.65. The summed E-state index contributed by atoms with van der Waals surface area (Å²) in [5.41, 5.74) is 1.57. The fourth-order valence-corrected chi connectivity index (χ4v) is 1.75. The molecule has 2 N–H and O–H groups in total. The number of H-pyrrole nitrogens is 1. The number of aromatic carboxylic acids is 1. The molecule has 18 heavy (non-hydrogen) atoms. The molecule has 0 aliphatic rings. The Bertz CT molecular complexity index is 743. The van der Waals surface area contributed by atoms with E-state index in [4.69, 9.17) is 5.11 Å². The first-order valence-electron chi connectivity index (χ1n) is 5.23. The third-order valence-electron chi connectivity index (χ3n) is 2.58. The number of nitrogens with zero attached hydrogens (tertiary/aromatic N) is 4. The van der Waals surface area contributed by atoms with Crippen molar-refractivity contribution in [3.63, 3.8) is 0 Å². The molecule has 90 valence electrons. The lowest BCUT2D eigenvalue weighted by molar-refractivity contribution is 0.0699. The van der Waals surface area contributed by atoms with Crippen molar-refractivity contribution in [3.05, 3.63) is 30.1 Å². The van der Waals surface area contributed by atoms with Crippen LogP contribution in [0.4, 0.5) is 0 Å². The molecule has 0 aliphatic heterocycles. The zero-order valence-electron chi connectivity index (χ0n) is 9.45. The molecule has 0 saturated heterocycles. The van der Waals surface area contributed by atoms with E-state index < -0.39 is 5.97 Å². The number of imidazole rings is 1. The van der Waals surface area contributed by atoms with Crippen LogP contribution >= 0.6 is 0 Å². The second kappa shape index (κ2) is 3.66. The van der Waals surface area contributed by atoms with Crippen LogP contribution in [0.2, 0.25) is 0 Å². The van der Waals surface area contributed by atoms with E-state index in [1.165, 1.54) is 12.3 Å². The average Bonchev–Trinajstić information content (AvgIpc) is 2.93. The Hall–Kier alpha value is -2.70. The van der Waals surface area contributed by atoms with Gasteiger partial charge in [0.2, 0.25) is 0 Å². The number of pyridine rings is 1. The van der Waals surface area contributed by atoms with Gasteiger partial charge in [-0.25, -0.2) is 14.8 Å². The first-order valence-corrected chi connectivity index (χ1v) is 5.23.